The number of hydrogen-bond donors (Lipinski definition) is 3. The molecule has 3 N–H and O–H groups in total. The summed E-state index contributed by atoms with van der Waals surface area (Å²) in [5.74, 6) is -1.79. The average molecular weight is 736 g/mol. The number of carboxylic acid groups (broad SMARTS) is 2. The SMILES string of the molecule is C=C(C)C1CCC2(C(=O)NCc3ccc(F)cc3C(=O)O)CC[C@]3(C)C(CCC4[C@@]5(C)CC[C@H](OC(=O)CC(C)(C)C(=O)O)C(C)(C)C5CC[C@]43C)C12. The van der Waals surface area contributed by atoms with Crippen LogP contribution in [0.3, 0.4) is 0 Å². The van der Waals surface area contributed by atoms with E-state index in [0.29, 0.717) is 23.3 Å². The molecular formula is C44H62FNO7. The predicted octanol–water partition coefficient (Wildman–Crippen LogP) is 9.21. The maximum atomic E-state index is 14.5. The molecular weight excluding hydrogens is 673 g/mol. The fourth-order valence-corrected chi connectivity index (χ4v) is 13.6. The highest BCUT2D eigenvalue weighted by Crippen LogP contribution is 2.77. The number of ether oxygens (including phenoxy) is 1. The second-order valence-electron chi connectivity index (χ2n) is 19.8. The monoisotopic (exact) mass is 735 g/mol. The average Bonchev–Trinajstić information content (AvgIpc) is 3.47. The Hall–Kier alpha value is -3.23. The Labute approximate surface area is 315 Å². The number of carboxylic acids is 2. The van der Waals surface area contributed by atoms with E-state index in [-0.39, 0.29) is 64.0 Å². The molecule has 5 saturated carbocycles. The highest BCUT2D eigenvalue weighted by Gasteiger charge is 2.72. The van der Waals surface area contributed by atoms with Gasteiger partial charge in [0, 0.05) is 12.0 Å². The molecule has 10 atom stereocenters. The van der Waals surface area contributed by atoms with Gasteiger partial charge in [-0.25, -0.2) is 9.18 Å². The molecule has 8 nitrogen and oxygen atoms in total. The van der Waals surface area contributed by atoms with E-state index in [4.69, 9.17) is 4.74 Å². The molecule has 292 valence electrons. The number of nitrogens with one attached hydrogen (secondary N) is 1. The lowest BCUT2D eigenvalue weighted by molar-refractivity contribution is -0.249. The maximum absolute atomic E-state index is 14.5. The first-order chi connectivity index (χ1) is 24.5. The summed E-state index contributed by atoms with van der Waals surface area (Å²) < 4.78 is 20.1. The minimum Gasteiger partial charge on any atom is -0.481 e. The molecule has 5 aliphatic rings. The number of aliphatic carboxylic acids is 1. The van der Waals surface area contributed by atoms with E-state index in [1.54, 1.807) is 13.8 Å². The molecule has 0 bridgehead atoms. The van der Waals surface area contributed by atoms with Gasteiger partial charge in [-0.15, -0.1) is 0 Å². The van der Waals surface area contributed by atoms with Gasteiger partial charge in [-0.2, -0.15) is 0 Å². The van der Waals surface area contributed by atoms with Gasteiger partial charge in [-0.1, -0.05) is 52.8 Å². The van der Waals surface area contributed by atoms with Crippen LogP contribution in [0.25, 0.3) is 0 Å². The van der Waals surface area contributed by atoms with Crippen LogP contribution >= 0.6 is 0 Å². The van der Waals surface area contributed by atoms with Gasteiger partial charge in [0.25, 0.3) is 0 Å². The summed E-state index contributed by atoms with van der Waals surface area (Å²) in [4.78, 5) is 51.2. The Bertz CT molecular complexity index is 1700. The molecule has 6 unspecified atom stereocenters. The fraction of sp³-hybridized carbons (Fsp3) is 0.727. The lowest BCUT2D eigenvalue weighted by Crippen LogP contribution is -2.67. The molecule has 0 aromatic heterocycles. The lowest BCUT2D eigenvalue weighted by atomic mass is 9.32. The normalized spacial score (nSPS) is 38.7. The number of benzene rings is 1. The molecule has 0 aliphatic heterocycles. The first kappa shape index (κ1) is 39.5. The third-order valence-electron chi connectivity index (χ3n) is 16.6. The van der Waals surface area contributed by atoms with Crippen molar-refractivity contribution >= 4 is 23.8 Å². The summed E-state index contributed by atoms with van der Waals surface area (Å²) in [6.45, 7) is 21.8. The first-order valence-electron chi connectivity index (χ1n) is 19.9. The van der Waals surface area contributed by atoms with Crippen molar-refractivity contribution < 1.29 is 38.5 Å². The third-order valence-corrected chi connectivity index (χ3v) is 16.6. The van der Waals surface area contributed by atoms with Crippen molar-refractivity contribution in [1.29, 1.82) is 0 Å². The highest BCUT2D eigenvalue weighted by atomic mass is 19.1. The van der Waals surface area contributed by atoms with Crippen molar-refractivity contribution in [3.63, 3.8) is 0 Å². The predicted molar refractivity (Wildman–Crippen MR) is 200 cm³/mol. The summed E-state index contributed by atoms with van der Waals surface area (Å²) in [6, 6.07) is 3.71. The van der Waals surface area contributed by atoms with Crippen LogP contribution < -0.4 is 5.32 Å². The van der Waals surface area contributed by atoms with E-state index >= 15 is 0 Å². The Kier molecular flexibility index (Phi) is 9.84. The summed E-state index contributed by atoms with van der Waals surface area (Å²) in [6.07, 6.45) is 8.89. The Balaban J connectivity index is 1.25. The second kappa shape index (κ2) is 13.2. The topological polar surface area (TPSA) is 130 Å². The number of hydrogen-bond acceptors (Lipinski definition) is 5. The van der Waals surface area contributed by atoms with Crippen LogP contribution in [0.5, 0.6) is 0 Å². The van der Waals surface area contributed by atoms with Gasteiger partial charge in [0.05, 0.1) is 22.8 Å². The van der Waals surface area contributed by atoms with E-state index in [9.17, 15) is 33.8 Å². The first-order valence-corrected chi connectivity index (χ1v) is 19.9. The van der Waals surface area contributed by atoms with Crippen molar-refractivity contribution in [1.82, 2.24) is 5.32 Å². The summed E-state index contributed by atoms with van der Waals surface area (Å²) >= 11 is 0. The molecule has 0 radical (unpaired) electrons. The molecule has 0 heterocycles. The third kappa shape index (κ3) is 6.05. The van der Waals surface area contributed by atoms with Crippen molar-refractivity contribution in [3.05, 3.63) is 47.3 Å². The standard InChI is InChI=1S/C44H62FNO7/c1-25(2)28-14-19-44(37(50)46-24-26-10-11-27(45)22-29(26)36(48)49)21-20-42(8)30(35(28)44)12-13-32-41(7)17-16-33(53-34(47)23-39(3,4)38(51)52)40(5,6)31(41)15-18-43(32,42)9/h10-11,22,28,30-33,35H,1,12-21,23-24H2,2-9H3,(H,46,50)(H,48,49)(H,51,52)/t28?,30?,31?,32?,33-,35?,41-,42+,43+,44?/m0/s1. The van der Waals surface area contributed by atoms with Gasteiger partial charge in [-0.05, 0) is 149 Å². The van der Waals surface area contributed by atoms with Crippen LogP contribution in [0.4, 0.5) is 4.39 Å². The Morgan fingerprint density at radius 2 is 1.60 bits per heavy atom. The largest absolute Gasteiger partial charge is 0.481 e. The van der Waals surface area contributed by atoms with Crippen LogP contribution in [0.15, 0.2) is 30.4 Å². The van der Waals surface area contributed by atoms with Crippen LogP contribution in [0.2, 0.25) is 0 Å². The molecule has 9 heteroatoms. The smallest absolute Gasteiger partial charge is 0.336 e. The van der Waals surface area contributed by atoms with Crippen LogP contribution in [0, 0.1) is 67.9 Å². The van der Waals surface area contributed by atoms with Gasteiger partial charge in [0.15, 0.2) is 0 Å². The van der Waals surface area contributed by atoms with Crippen molar-refractivity contribution in [2.45, 2.75) is 139 Å². The van der Waals surface area contributed by atoms with Crippen LogP contribution in [-0.2, 0) is 25.7 Å². The molecule has 1 aromatic rings. The van der Waals surface area contributed by atoms with E-state index in [1.807, 2.05) is 0 Å². The number of carbonyl (C=O) groups is 4. The highest BCUT2D eigenvalue weighted by molar-refractivity contribution is 5.90. The second-order valence-corrected chi connectivity index (χ2v) is 19.8. The number of carbonyl (C=O) groups excluding carboxylic acids is 2. The number of allylic oxidation sites excluding steroid dienone is 1. The van der Waals surface area contributed by atoms with Crippen LogP contribution in [0.1, 0.15) is 142 Å². The van der Waals surface area contributed by atoms with Gasteiger partial charge in [0.1, 0.15) is 11.9 Å². The zero-order valence-corrected chi connectivity index (χ0v) is 33.2. The molecule has 0 saturated heterocycles. The quantitative estimate of drug-likeness (QED) is 0.170. The molecule has 5 fully saturated rings. The van der Waals surface area contributed by atoms with E-state index in [2.05, 4.69) is 53.4 Å². The Morgan fingerprint density at radius 1 is 0.906 bits per heavy atom. The van der Waals surface area contributed by atoms with Gasteiger partial charge in [0.2, 0.25) is 5.91 Å². The molecule has 5 aliphatic carbocycles. The lowest BCUT2D eigenvalue weighted by Gasteiger charge is -2.72. The Morgan fingerprint density at radius 3 is 2.25 bits per heavy atom. The molecule has 53 heavy (non-hydrogen) atoms. The van der Waals surface area contributed by atoms with E-state index < -0.39 is 34.6 Å². The number of halogens is 1. The molecule has 1 amide bonds. The zero-order valence-electron chi connectivity index (χ0n) is 33.2. The zero-order chi connectivity index (χ0) is 39.1. The number of aromatic carboxylic acids is 1. The van der Waals surface area contributed by atoms with Crippen LogP contribution in [-0.4, -0.2) is 40.1 Å². The van der Waals surface area contributed by atoms with Gasteiger partial charge in [-0.3, -0.25) is 14.4 Å². The maximum Gasteiger partial charge on any atom is 0.336 e. The summed E-state index contributed by atoms with van der Waals surface area (Å²) in [5.41, 5.74) is -0.541. The number of esters is 1. The molecule has 0 spiro atoms. The minimum absolute atomic E-state index is 0.000308. The van der Waals surface area contributed by atoms with Crippen molar-refractivity contribution in [2.75, 3.05) is 0 Å². The summed E-state index contributed by atoms with van der Waals surface area (Å²) in [5, 5.41) is 22.5. The number of amides is 1. The van der Waals surface area contributed by atoms with Gasteiger partial charge >= 0.3 is 17.9 Å². The number of fused-ring (bicyclic) bond motifs is 7. The van der Waals surface area contributed by atoms with Crippen molar-refractivity contribution in [2.24, 2.45) is 62.1 Å². The fourth-order valence-electron chi connectivity index (χ4n) is 13.6. The van der Waals surface area contributed by atoms with E-state index in [1.165, 1.54) is 12.1 Å². The van der Waals surface area contributed by atoms with Gasteiger partial charge < -0.3 is 20.3 Å². The molecule has 6 rings (SSSR count). The molecule has 1 aromatic carbocycles. The van der Waals surface area contributed by atoms with E-state index in [0.717, 1.165) is 75.8 Å². The minimum atomic E-state index is -1.22. The summed E-state index contributed by atoms with van der Waals surface area (Å²) in [7, 11) is 0. The van der Waals surface area contributed by atoms with Crippen molar-refractivity contribution in [3.8, 4) is 0 Å². The number of rotatable bonds is 9.